The van der Waals surface area contributed by atoms with Crippen LogP contribution in [-0.4, -0.2) is 40.6 Å². The predicted octanol–water partition coefficient (Wildman–Crippen LogP) is 1.76. The highest BCUT2D eigenvalue weighted by Gasteiger charge is 2.17. The van der Waals surface area contributed by atoms with E-state index in [1.807, 2.05) is 0 Å². The summed E-state index contributed by atoms with van der Waals surface area (Å²) in [5.74, 6) is 0.352. The number of non-ortho nitro benzene ring substituents is 1. The molecule has 0 unspecified atom stereocenters. The third-order valence-corrected chi connectivity index (χ3v) is 4.25. The molecule has 2 N–H and O–H groups in total. The molecular weight excluding hydrogens is 326 g/mol. The van der Waals surface area contributed by atoms with E-state index in [0.717, 1.165) is 32.4 Å². The van der Waals surface area contributed by atoms with Crippen LogP contribution in [-0.2, 0) is 0 Å². The monoisotopic (exact) mass is 345 g/mol. The van der Waals surface area contributed by atoms with E-state index in [1.165, 1.54) is 24.3 Å². The Bertz CT molecular complexity index is 737. The maximum atomic E-state index is 12.1. The molecule has 0 aliphatic carbocycles. The van der Waals surface area contributed by atoms with Crippen molar-refractivity contribution >= 4 is 11.6 Å². The summed E-state index contributed by atoms with van der Waals surface area (Å²) in [6.45, 7) is 2.63. The molecule has 1 aliphatic rings. The Morgan fingerprint density at radius 2 is 2.04 bits per heavy atom. The Balaban J connectivity index is 1.54. The zero-order chi connectivity index (χ0) is 17.6. The van der Waals surface area contributed by atoms with Gasteiger partial charge in [0.25, 0.3) is 23.3 Å². The molecule has 1 aliphatic heterocycles. The van der Waals surface area contributed by atoms with Gasteiger partial charge in [-0.15, -0.1) is 0 Å². The summed E-state index contributed by atoms with van der Waals surface area (Å²) in [6, 6.07) is 5.70. The fourth-order valence-electron chi connectivity index (χ4n) is 2.80. The third kappa shape index (κ3) is 4.38. The minimum atomic E-state index is -0.487. The summed E-state index contributed by atoms with van der Waals surface area (Å²) in [5, 5.41) is 20.4. The van der Waals surface area contributed by atoms with Gasteiger partial charge in [-0.1, -0.05) is 5.16 Å². The van der Waals surface area contributed by atoms with Crippen LogP contribution in [0.4, 0.5) is 5.69 Å². The molecule has 25 heavy (non-hydrogen) atoms. The van der Waals surface area contributed by atoms with E-state index in [4.69, 9.17) is 4.52 Å². The molecule has 9 nitrogen and oxygen atoms in total. The molecule has 0 radical (unpaired) electrons. The van der Waals surface area contributed by atoms with Gasteiger partial charge in [0.05, 0.1) is 4.92 Å². The van der Waals surface area contributed by atoms with Crippen molar-refractivity contribution in [3.8, 4) is 11.5 Å². The minimum absolute atomic E-state index is 0.0286. The summed E-state index contributed by atoms with van der Waals surface area (Å²) < 4.78 is 5.07. The van der Waals surface area contributed by atoms with Crippen LogP contribution >= 0.6 is 0 Å². The standard InChI is InChI=1S/C16H19N5O4/c22-15(18-10-7-11-5-8-17-9-6-11)14-19-16(25-20-14)12-1-3-13(4-2-12)21(23)24/h1-4,11,17H,5-10H2,(H,18,22). The summed E-state index contributed by atoms with van der Waals surface area (Å²) in [4.78, 5) is 26.3. The van der Waals surface area contributed by atoms with E-state index in [-0.39, 0.29) is 23.3 Å². The van der Waals surface area contributed by atoms with Crippen LogP contribution in [0.5, 0.6) is 0 Å². The molecule has 0 atom stereocenters. The number of nitro groups is 1. The van der Waals surface area contributed by atoms with E-state index in [0.29, 0.717) is 18.0 Å². The number of amides is 1. The topological polar surface area (TPSA) is 123 Å². The van der Waals surface area contributed by atoms with E-state index >= 15 is 0 Å². The first-order valence-corrected chi connectivity index (χ1v) is 8.21. The van der Waals surface area contributed by atoms with Crippen molar-refractivity contribution in [2.45, 2.75) is 19.3 Å². The van der Waals surface area contributed by atoms with Crippen LogP contribution in [0.15, 0.2) is 28.8 Å². The van der Waals surface area contributed by atoms with E-state index in [9.17, 15) is 14.9 Å². The first-order valence-electron chi connectivity index (χ1n) is 8.21. The summed E-state index contributed by atoms with van der Waals surface area (Å²) in [7, 11) is 0. The molecule has 3 rings (SSSR count). The third-order valence-electron chi connectivity index (χ3n) is 4.25. The Kier molecular flexibility index (Phi) is 5.34. The Hall–Kier alpha value is -2.81. The molecule has 1 aromatic carbocycles. The van der Waals surface area contributed by atoms with Gasteiger partial charge in [-0.25, -0.2) is 0 Å². The van der Waals surface area contributed by atoms with Gasteiger partial charge in [-0.3, -0.25) is 14.9 Å². The molecule has 132 valence electrons. The highest BCUT2D eigenvalue weighted by Crippen LogP contribution is 2.20. The van der Waals surface area contributed by atoms with Crippen molar-refractivity contribution in [3.63, 3.8) is 0 Å². The van der Waals surface area contributed by atoms with Crippen LogP contribution < -0.4 is 10.6 Å². The lowest BCUT2D eigenvalue weighted by molar-refractivity contribution is -0.384. The second kappa shape index (κ2) is 7.84. The molecule has 1 amide bonds. The summed E-state index contributed by atoms with van der Waals surface area (Å²) >= 11 is 0. The molecule has 1 aromatic heterocycles. The van der Waals surface area contributed by atoms with Crippen LogP contribution in [0.1, 0.15) is 29.9 Å². The smallest absolute Gasteiger partial charge is 0.292 e. The van der Waals surface area contributed by atoms with E-state index in [2.05, 4.69) is 20.8 Å². The Labute approximate surface area is 144 Å². The van der Waals surface area contributed by atoms with Crippen LogP contribution in [0.2, 0.25) is 0 Å². The van der Waals surface area contributed by atoms with Gasteiger partial charge in [0, 0.05) is 24.2 Å². The zero-order valence-electron chi connectivity index (χ0n) is 13.6. The molecule has 2 heterocycles. The maximum absolute atomic E-state index is 12.1. The van der Waals surface area contributed by atoms with Gasteiger partial charge >= 0.3 is 0 Å². The average molecular weight is 345 g/mol. The van der Waals surface area contributed by atoms with Gasteiger partial charge < -0.3 is 15.2 Å². The molecule has 1 saturated heterocycles. The first kappa shape index (κ1) is 17.0. The molecule has 2 aromatic rings. The number of carbonyl (C=O) groups is 1. The normalized spacial score (nSPS) is 15.0. The number of nitro benzene ring substituents is 1. The number of piperidine rings is 1. The molecule has 0 saturated carbocycles. The van der Waals surface area contributed by atoms with Crippen molar-refractivity contribution in [2.75, 3.05) is 19.6 Å². The second-order valence-electron chi connectivity index (χ2n) is 5.97. The number of rotatable bonds is 6. The van der Waals surface area contributed by atoms with E-state index in [1.54, 1.807) is 0 Å². The molecule has 1 fully saturated rings. The lowest BCUT2D eigenvalue weighted by atomic mass is 9.95. The Morgan fingerprint density at radius 3 is 2.72 bits per heavy atom. The minimum Gasteiger partial charge on any atom is -0.349 e. The SMILES string of the molecule is O=C(NCCC1CCNCC1)c1noc(-c2ccc([N+](=O)[O-])cc2)n1. The molecular formula is C16H19N5O4. The quantitative estimate of drug-likeness (QED) is 0.604. The van der Waals surface area contributed by atoms with Gasteiger partial charge in [0.15, 0.2) is 0 Å². The van der Waals surface area contributed by atoms with Gasteiger partial charge in [0.1, 0.15) is 0 Å². The van der Waals surface area contributed by atoms with E-state index < -0.39 is 4.92 Å². The number of carbonyl (C=O) groups excluding carboxylic acids is 1. The fraction of sp³-hybridized carbons (Fsp3) is 0.438. The zero-order valence-corrected chi connectivity index (χ0v) is 13.6. The largest absolute Gasteiger partial charge is 0.349 e. The fourth-order valence-corrected chi connectivity index (χ4v) is 2.80. The molecule has 0 bridgehead atoms. The van der Waals surface area contributed by atoms with Gasteiger partial charge in [-0.05, 0) is 50.4 Å². The number of nitrogens with one attached hydrogen (secondary N) is 2. The Morgan fingerprint density at radius 1 is 1.32 bits per heavy atom. The lowest BCUT2D eigenvalue weighted by Gasteiger charge is -2.22. The molecule has 9 heteroatoms. The van der Waals surface area contributed by atoms with Crippen molar-refractivity contribution < 1.29 is 14.2 Å². The van der Waals surface area contributed by atoms with Crippen molar-refractivity contribution in [3.05, 3.63) is 40.2 Å². The average Bonchev–Trinajstić information content (AvgIpc) is 3.13. The number of hydrogen-bond acceptors (Lipinski definition) is 7. The predicted molar refractivity (Wildman–Crippen MR) is 88.9 cm³/mol. The van der Waals surface area contributed by atoms with Crippen molar-refractivity contribution in [1.29, 1.82) is 0 Å². The van der Waals surface area contributed by atoms with Gasteiger partial charge in [0.2, 0.25) is 0 Å². The molecule has 0 spiro atoms. The first-order chi connectivity index (χ1) is 12.1. The van der Waals surface area contributed by atoms with Crippen LogP contribution in [0.25, 0.3) is 11.5 Å². The van der Waals surface area contributed by atoms with Gasteiger partial charge in [-0.2, -0.15) is 4.98 Å². The second-order valence-corrected chi connectivity index (χ2v) is 5.97. The van der Waals surface area contributed by atoms with Crippen LogP contribution in [0.3, 0.4) is 0 Å². The highest BCUT2D eigenvalue weighted by molar-refractivity contribution is 5.90. The number of aromatic nitrogens is 2. The van der Waals surface area contributed by atoms with Crippen molar-refractivity contribution in [2.24, 2.45) is 5.92 Å². The van der Waals surface area contributed by atoms with Crippen molar-refractivity contribution in [1.82, 2.24) is 20.8 Å². The number of benzene rings is 1. The maximum Gasteiger partial charge on any atom is 0.292 e. The summed E-state index contributed by atoms with van der Waals surface area (Å²) in [6.07, 6.45) is 3.19. The summed E-state index contributed by atoms with van der Waals surface area (Å²) in [5.41, 5.74) is 0.492. The van der Waals surface area contributed by atoms with Crippen LogP contribution in [0, 0.1) is 16.0 Å². The number of nitrogens with zero attached hydrogens (tertiary/aromatic N) is 3. The lowest BCUT2D eigenvalue weighted by Crippen LogP contribution is -2.31. The highest BCUT2D eigenvalue weighted by atomic mass is 16.6. The number of hydrogen-bond donors (Lipinski definition) is 2.